The van der Waals surface area contributed by atoms with Crippen molar-refractivity contribution in [1.82, 2.24) is 15.1 Å². The van der Waals surface area contributed by atoms with E-state index in [1.54, 1.807) is 0 Å². The van der Waals surface area contributed by atoms with Crippen molar-refractivity contribution in [3.8, 4) is 0 Å². The topological polar surface area (TPSA) is 29.9 Å². The van der Waals surface area contributed by atoms with E-state index in [9.17, 15) is 0 Å². The van der Waals surface area contributed by atoms with Gasteiger partial charge in [-0.25, -0.2) is 0 Å². The number of hydrogen-bond acceptors (Lipinski definition) is 2. The van der Waals surface area contributed by atoms with E-state index in [1.807, 2.05) is 30.1 Å². The molecule has 0 aliphatic heterocycles. The summed E-state index contributed by atoms with van der Waals surface area (Å²) in [6.07, 6.45) is 5.00. The second kappa shape index (κ2) is 6.63. The highest BCUT2D eigenvalue weighted by atomic mass is 35.5. The maximum absolute atomic E-state index is 6.00. The summed E-state index contributed by atoms with van der Waals surface area (Å²) in [5.74, 6) is 0.408. The summed E-state index contributed by atoms with van der Waals surface area (Å²) in [7, 11) is 1.95. The lowest BCUT2D eigenvalue weighted by atomic mass is 9.92. The van der Waals surface area contributed by atoms with Crippen LogP contribution in [-0.4, -0.2) is 21.9 Å². The lowest BCUT2D eigenvalue weighted by Crippen LogP contribution is -2.39. The second-order valence-corrected chi connectivity index (χ2v) is 7.04. The molecule has 1 atom stereocenters. The Morgan fingerprint density at radius 1 is 1.24 bits per heavy atom. The Kier molecular flexibility index (Phi) is 5.07. The number of rotatable bonds is 5. The van der Waals surface area contributed by atoms with E-state index in [1.165, 1.54) is 11.1 Å². The van der Waals surface area contributed by atoms with Crippen molar-refractivity contribution in [2.75, 3.05) is 6.54 Å². The van der Waals surface area contributed by atoms with Gasteiger partial charge in [-0.2, -0.15) is 5.10 Å². The fraction of sp³-hybridized carbons (Fsp3) is 0.471. The number of hydrogen-bond donors (Lipinski definition) is 1. The molecule has 0 aliphatic rings. The molecular weight excluding hydrogens is 282 g/mol. The van der Waals surface area contributed by atoms with Crippen LogP contribution in [0.15, 0.2) is 36.7 Å². The third kappa shape index (κ3) is 5.18. The normalized spacial score (nSPS) is 13.4. The van der Waals surface area contributed by atoms with E-state index in [0.29, 0.717) is 5.92 Å². The third-order valence-electron chi connectivity index (χ3n) is 3.46. The average molecular weight is 306 g/mol. The molecule has 1 aromatic heterocycles. The van der Waals surface area contributed by atoms with Gasteiger partial charge in [-0.3, -0.25) is 4.68 Å². The van der Waals surface area contributed by atoms with Crippen molar-refractivity contribution in [3.05, 3.63) is 52.8 Å². The van der Waals surface area contributed by atoms with Crippen molar-refractivity contribution in [2.45, 2.75) is 38.6 Å². The van der Waals surface area contributed by atoms with Gasteiger partial charge in [0.1, 0.15) is 0 Å². The van der Waals surface area contributed by atoms with Crippen LogP contribution in [-0.2, 0) is 13.5 Å². The van der Waals surface area contributed by atoms with Gasteiger partial charge < -0.3 is 5.32 Å². The predicted octanol–water partition coefficient (Wildman–Crippen LogP) is 3.79. The third-order valence-corrected chi connectivity index (χ3v) is 3.71. The molecule has 0 amide bonds. The van der Waals surface area contributed by atoms with Crippen LogP contribution in [0.1, 0.15) is 37.8 Å². The average Bonchev–Trinajstić information content (AvgIpc) is 2.80. The van der Waals surface area contributed by atoms with Gasteiger partial charge in [-0.15, -0.1) is 0 Å². The second-order valence-electron chi connectivity index (χ2n) is 6.61. The summed E-state index contributed by atoms with van der Waals surface area (Å²) in [4.78, 5) is 0. The van der Waals surface area contributed by atoms with E-state index in [4.69, 9.17) is 11.6 Å². The first kappa shape index (κ1) is 16.1. The largest absolute Gasteiger partial charge is 0.311 e. The highest BCUT2D eigenvalue weighted by Crippen LogP contribution is 2.23. The smallest absolute Gasteiger partial charge is 0.0521 e. The zero-order valence-electron chi connectivity index (χ0n) is 13.2. The summed E-state index contributed by atoms with van der Waals surface area (Å²) in [6, 6.07) is 8.16. The SMILES string of the molecule is Cn1cc(CC(CNC(C)(C)C)c2ccc(Cl)cc2)cn1. The lowest BCUT2D eigenvalue weighted by molar-refractivity contribution is 0.405. The Bertz CT molecular complexity index is 566. The molecule has 0 saturated heterocycles. The molecule has 0 radical (unpaired) electrons. The van der Waals surface area contributed by atoms with E-state index < -0.39 is 0 Å². The minimum atomic E-state index is 0.111. The number of aromatic nitrogens is 2. The van der Waals surface area contributed by atoms with Crippen LogP contribution in [0.2, 0.25) is 5.02 Å². The van der Waals surface area contributed by atoms with Gasteiger partial charge in [0.25, 0.3) is 0 Å². The quantitative estimate of drug-likeness (QED) is 0.911. The van der Waals surface area contributed by atoms with Crippen molar-refractivity contribution in [3.63, 3.8) is 0 Å². The van der Waals surface area contributed by atoms with E-state index in [-0.39, 0.29) is 5.54 Å². The first-order valence-electron chi connectivity index (χ1n) is 7.31. The summed E-state index contributed by atoms with van der Waals surface area (Å²) in [5, 5.41) is 8.64. The van der Waals surface area contributed by atoms with E-state index in [2.05, 4.69) is 49.5 Å². The number of benzene rings is 1. The molecule has 0 spiro atoms. The number of halogens is 1. The molecule has 1 unspecified atom stereocenters. The Morgan fingerprint density at radius 3 is 2.43 bits per heavy atom. The first-order valence-corrected chi connectivity index (χ1v) is 7.69. The molecule has 3 nitrogen and oxygen atoms in total. The minimum Gasteiger partial charge on any atom is -0.311 e. The van der Waals surface area contributed by atoms with Crippen LogP contribution in [0.4, 0.5) is 0 Å². The molecule has 1 heterocycles. The molecule has 0 fully saturated rings. The fourth-order valence-corrected chi connectivity index (χ4v) is 2.46. The van der Waals surface area contributed by atoms with Crippen LogP contribution in [0, 0.1) is 0 Å². The molecule has 0 bridgehead atoms. The predicted molar refractivity (Wildman–Crippen MR) is 88.9 cm³/mol. The molecule has 4 heteroatoms. The van der Waals surface area contributed by atoms with Gasteiger partial charge >= 0.3 is 0 Å². The van der Waals surface area contributed by atoms with Gasteiger partial charge in [0.05, 0.1) is 6.20 Å². The summed E-state index contributed by atoms with van der Waals surface area (Å²) in [5.41, 5.74) is 2.67. The van der Waals surface area contributed by atoms with Crippen molar-refractivity contribution in [1.29, 1.82) is 0 Å². The summed E-state index contributed by atoms with van der Waals surface area (Å²) >= 11 is 6.00. The Labute approximate surface area is 132 Å². The van der Waals surface area contributed by atoms with Gasteiger partial charge in [-0.1, -0.05) is 23.7 Å². The number of nitrogens with one attached hydrogen (secondary N) is 1. The van der Waals surface area contributed by atoms with Crippen molar-refractivity contribution < 1.29 is 0 Å². The Hall–Kier alpha value is -1.32. The lowest BCUT2D eigenvalue weighted by Gasteiger charge is -2.25. The number of aryl methyl sites for hydroxylation is 1. The summed E-state index contributed by atoms with van der Waals surface area (Å²) < 4.78 is 1.85. The zero-order valence-corrected chi connectivity index (χ0v) is 14.0. The van der Waals surface area contributed by atoms with E-state index >= 15 is 0 Å². The molecule has 2 rings (SSSR count). The van der Waals surface area contributed by atoms with Crippen LogP contribution < -0.4 is 5.32 Å². The zero-order chi connectivity index (χ0) is 15.5. The van der Waals surface area contributed by atoms with Crippen LogP contribution in [0.3, 0.4) is 0 Å². The van der Waals surface area contributed by atoms with E-state index in [0.717, 1.165) is 18.0 Å². The monoisotopic (exact) mass is 305 g/mol. The van der Waals surface area contributed by atoms with Gasteiger partial charge in [0, 0.05) is 36.3 Å². The molecule has 1 aromatic carbocycles. The van der Waals surface area contributed by atoms with Crippen molar-refractivity contribution in [2.24, 2.45) is 7.05 Å². The van der Waals surface area contributed by atoms with Crippen LogP contribution in [0.5, 0.6) is 0 Å². The fourth-order valence-electron chi connectivity index (χ4n) is 2.33. The first-order chi connectivity index (χ1) is 9.83. The molecule has 1 N–H and O–H groups in total. The van der Waals surface area contributed by atoms with Crippen molar-refractivity contribution >= 4 is 11.6 Å². The van der Waals surface area contributed by atoms with Crippen LogP contribution >= 0.6 is 11.6 Å². The van der Waals surface area contributed by atoms with Gasteiger partial charge in [0.2, 0.25) is 0 Å². The van der Waals surface area contributed by atoms with Crippen LogP contribution in [0.25, 0.3) is 0 Å². The minimum absolute atomic E-state index is 0.111. The molecule has 2 aromatic rings. The standard InChI is InChI=1S/C17H24ClN3/c1-17(2,3)19-11-15(9-13-10-20-21(4)12-13)14-5-7-16(18)8-6-14/h5-8,10,12,15,19H,9,11H2,1-4H3. The summed E-state index contributed by atoms with van der Waals surface area (Å²) in [6.45, 7) is 7.50. The Balaban J connectivity index is 2.15. The molecule has 114 valence electrons. The molecular formula is C17H24ClN3. The maximum atomic E-state index is 6.00. The van der Waals surface area contributed by atoms with Gasteiger partial charge in [-0.05, 0) is 50.5 Å². The Morgan fingerprint density at radius 2 is 1.90 bits per heavy atom. The molecule has 0 saturated carbocycles. The van der Waals surface area contributed by atoms with Gasteiger partial charge in [0.15, 0.2) is 0 Å². The highest BCUT2D eigenvalue weighted by Gasteiger charge is 2.17. The molecule has 0 aliphatic carbocycles. The number of nitrogens with zero attached hydrogens (tertiary/aromatic N) is 2. The highest BCUT2D eigenvalue weighted by molar-refractivity contribution is 6.30. The maximum Gasteiger partial charge on any atom is 0.0521 e. The molecule has 21 heavy (non-hydrogen) atoms.